The maximum absolute atomic E-state index is 12.7. The molecule has 1 unspecified atom stereocenters. The number of Topliss-reactive ketones (excluding diaryl/α,β-unsaturated/α-hetero) is 1. The van der Waals surface area contributed by atoms with E-state index in [9.17, 15) is 9.59 Å². The molecule has 0 spiro atoms. The van der Waals surface area contributed by atoms with Gasteiger partial charge in [-0.1, -0.05) is 0 Å². The van der Waals surface area contributed by atoms with Gasteiger partial charge in [0.25, 0.3) is 0 Å². The van der Waals surface area contributed by atoms with Crippen LogP contribution in [0.1, 0.15) is 30.1 Å². The number of anilines is 1. The Morgan fingerprint density at radius 1 is 1.35 bits per heavy atom. The Kier molecular flexibility index (Phi) is 4.52. The van der Waals surface area contributed by atoms with E-state index in [1.165, 1.54) is 0 Å². The predicted molar refractivity (Wildman–Crippen MR) is 87.7 cm³/mol. The maximum atomic E-state index is 12.7. The molecule has 3 N–H and O–H groups in total. The van der Waals surface area contributed by atoms with Gasteiger partial charge in [-0.05, 0) is 51.1 Å². The molecule has 0 saturated carbocycles. The first-order chi connectivity index (χ1) is 11.1. The molecular weight excluding hydrogens is 294 g/mol. The Labute approximate surface area is 136 Å². The second-order valence-electron chi connectivity index (χ2n) is 6.24. The Balaban J connectivity index is 1.67. The number of carbonyl (C=O) groups excluding carboxylic acids is 2. The third-order valence-corrected chi connectivity index (χ3v) is 4.80. The molecule has 2 aliphatic heterocycles. The molecule has 23 heavy (non-hydrogen) atoms. The SMILES string of the molecule is CC(C(=O)c1ccc2c(c1)NCCO2)N1CCC(C(N)=O)CC1. The number of ketones is 1. The molecular formula is C17H23N3O3. The Bertz CT molecular complexity index is 609. The van der Waals surface area contributed by atoms with Crippen molar-refractivity contribution in [2.45, 2.75) is 25.8 Å². The van der Waals surface area contributed by atoms with E-state index in [1.54, 1.807) is 0 Å². The monoisotopic (exact) mass is 317 g/mol. The number of amides is 1. The third-order valence-electron chi connectivity index (χ3n) is 4.80. The molecule has 1 aromatic carbocycles. The number of fused-ring (bicyclic) bond motifs is 1. The van der Waals surface area contributed by atoms with E-state index < -0.39 is 0 Å². The van der Waals surface area contributed by atoms with E-state index in [2.05, 4.69) is 10.2 Å². The largest absolute Gasteiger partial charge is 0.490 e. The summed E-state index contributed by atoms with van der Waals surface area (Å²) in [7, 11) is 0. The van der Waals surface area contributed by atoms with Crippen LogP contribution in [0.2, 0.25) is 0 Å². The number of rotatable bonds is 4. The average molecular weight is 317 g/mol. The van der Waals surface area contributed by atoms with Crippen molar-refractivity contribution in [3.8, 4) is 5.75 Å². The molecule has 0 bridgehead atoms. The van der Waals surface area contributed by atoms with E-state index in [1.807, 2.05) is 25.1 Å². The van der Waals surface area contributed by atoms with E-state index in [0.29, 0.717) is 12.2 Å². The summed E-state index contributed by atoms with van der Waals surface area (Å²) in [5, 5.41) is 3.25. The molecule has 1 atom stereocenters. The van der Waals surface area contributed by atoms with Gasteiger partial charge in [-0.3, -0.25) is 14.5 Å². The zero-order valence-electron chi connectivity index (χ0n) is 13.4. The molecule has 6 heteroatoms. The highest BCUT2D eigenvalue weighted by Gasteiger charge is 2.29. The van der Waals surface area contributed by atoms with Crippen molar-refractivity contribution < 1.29 is 14.3 Å². The van der Waals surface area contributed by atoms with Gasteiger partial charge in [0.1, 0.15) is 12.4 Å². The van der Waals surface area contributed by atoms with Crippen LogP contribution in [0.5, 0.6) is 5.75 Å². The fraction of sp³-hybridized carbons (Fsp3) is 0.529. The van der Waals surface area contributed by atoms with E-state index in [4.69, 9.17) is 10.5 Å². The molecule has 2 aliphatic rings. The van der Waals surface area contributed by atoms with Gasteiger partial charge in [-0.15, -0.1) is 0 Å². The zero-order chi connectivity index (χ0) is 16.4. The number of nitrogens with one attached hydrogen (secondary N) is 1. The smallest absolute Gasteiger partial charge is 0.220 e. The van der Waals surface area contributed by atoms with Gasteiger partial charge >= 0.3 is 0 Å². The van der Waals surface area contributed by atoms with Gasteiger partial charge in [0.2, 0.25) is 5.91 Å². The van der Waals surface area contributed by atoms with Gasteiger partial charge in [0, 0.05) is 18.0 Å². The summed E-state index contributed by atoms with van der Waals surface area (Å²) < 4.78 is 5.54. The Morgan fingerprint density at radius 3 is 2.78 bits per heavy atom. The number of benzene rings is 1. The highest BCUT2D eigenvalue weighted by atomic mass is 16.5. The lowest BCUT2D eigenvalue weighted by atomic mass is 9.94. The Morgan fingerprint density at radius 2 is 2.09 bits per heavy atom. The van der Waals surface area contributed by atoms with Crippen molar-refractivity contribution in [3.05, 3.63) is 23.8 Å². The van der Waals surface area contributed by atoms with Crippen LogP contribution in [0.25, 0.3) is 0 Å². The van der Waals surface area contributed by atoms with Gasteiger partial charge < -0.3 is 15.8 Å². The van der Waals surface area contributed by atoms with Crippen molar-refractivity contribution in [1.82, 2.24) is 4.90 Å². The summed E-state index contributed by atoms with van der Waals surface area (Å²) in [6.45, 7) is 4.78. The molecule has 1 amide bonds. The van der Waals surface area contributed by atoms with Gasteiger partial charge in [0.05, 0.1) is 11.7 Å². The number of carbonyl (C=O) groups is 2. The first-order valence-corrected chi connectivity index (χ1v) is 8.14. The van der Waals surface area contributed by atoms with E-state index in [-0.39, 0.29) is 23.7 Å². The van der Waals surface area contributed by atoms with E-state index >= 15 is 0 Å². The number of piperidine rings is 1. The summed E-state index contributed by atoms with van der Waals surface area (Å²) in [5.41, 5.74) is 6.92. The topological polar surface area (TPSA) is 84.7 Å². The van der Waals surface area contributed by atoms with Crippen molar-refractivity contribution in [2.75, 3.05) is 31.6 Å². The second kappa shape index (κ2) is 6.58. The minimum atomic E-state index is -0.232. The van der Waals surface area contributed by atoms with E-state index in [0.717, 1.165) is 43.9 Å². The van der Waals surface area contributed by atoms with Crippen LogP contribution >= 0.6 is 0 Å². The van der Waals surface area contributed by atoms with Crippen LogP contribution in [0.3, 0.4) is 0 Å². The molecule has 0 radical (unpaired) electrons. The molecule has 3 rings (SSSR count). The number of hydrogen-bond acceptors (Lipinski definition) is 5. The summed E-state index contributed by atoms with van der Waals surface area (Å²) in [4.78, 5) is 26.1. The number of nitrogens with zero attached hydrogens (tertiary/aromatic N) is 1. The molecule has 1 fully saturated rings. The molecule has 0 aliphatic carbocycles. The standard InChI is InChI=1S/C17H23N3O3/c1-11(20-7-4-12(5-8-20)17(18)22)16(21)13-2-3-15-14(10-13)19-6-9-23-15/h2-3,10-12,19H,4-9H2,1H3,(H2,18,22). The summed E-state index contributed by atoms with van der Waals surface area (Å²) >= 11 is 0. The minimum Gasteiger partial charge on any atom is -0.490 e. The molecule has 0 aromatic heterocycles. The summed E-state index contributed by atoms with van der Waals surface area (Å²) in [5.74, 6) is 0.600. The zero-order valence-corrected chi connectivity index (χ0v) is 13.4. The number of ether oxygens (including phenoxy) is 1. The van der Waals surface area contributed by atoms with Gasteiger partial charge in [-0.2, -0.15) is 0 Å². The second-order valence-corrected chi connectivity index (χ2v) is 6.24. The summed E-state index contributed by atoms with van der Waals surface area (Å²) in [6, 6.07) is 5.33. The third kappa shape index (κ3) is 3.32. The molecule has 6 nitrogen and oxygen atoms in total. The van der Waals surface area contributed by atoms with Crippen molar-refractivity contribution >= 4 is 17.4 Å². The number of nitrogens with two attached hydrogens (primary N) is 1. The van der Waals surface area contributed by atoms with Crippen molar-refractivity contribution in [2.24, 2.45) is 11.7 Å². The average Bonchev–Trinajstić information content (AvgIpc) is 2.60. The minimum absolute atomic E-state index is 0.0568. The van der Waals surface area contributed by atoms with Crippen LogP contribution in [0.4, 0.5) is 5.69 Å². The quantitative estimate of drug-likeness (QED) is 0.817. The highest BCUT2D eigenvalue weighted by molar-refractivity contribution is 6.01. The lowest BCUT2D eigenvalue weighted by Crippen LogP contribution is -2.46. The lowest BCUT2D eigenvalue weighted by Gasteiger charge is -2.34. The molecule has 1 aromatic rings. The molecule has 2 heterocycles. The van der Waals surface area contributed by atoms with Crippen LogP contribution in [0.15, 0.2) is 18.2 Å². The maximum Gasteiger partial charge on any atom is 0.220 e. The predicted octanol–water partition coefficient (Wildman–Crippen LogP) is 1.26. The molecule has 124 valence electrons. The lowest BCUT2D eigenvalue weighted by molar-refractivity contribution is -0.123. The van der Waals surface area contributed by atoms with Crippen molar-refractivity contribution in [1.29, 1.82) is 0 Å². The first-order valence-electron chi connectivity index (χ1n) is 8.14. The highest BCUT2D eigenvalue weighted by Crippen LogP contribution is 2.29. The van der Waals surface area contributed by atoms with Crippen LogP contribution in [-0.4, -0.2) is 48.9 Å². The van der Waals surface area contributed by atoms with Crippen molar-refractivity contribution in [3.63, 3.8) is 0 Å². The van der Waals surface area contributed by atoms with Crippen LogP contribution in [-0.2, 0) is 4.79 Å². The fourth-order valence-corrected chi connectivity index (χ4v) is 3.27. The number of primary amides is 1. The van der Waals surface area contributed by atoms with Crippen LogP contribution in [0, 0.1) is 5.92 Å². The molecule has 1 saturated heterocycles. The number of likely N-dealkylation sites (tertiary alicyclic amines) is 1. The van der Waals surface area contributed by atoms with Gasteiger partial charge in [0.15, 0.2) is 5.78 Å². The normalized spacial score (nSPS) is 20.0. The van der Waals surface area contributed by atoms with Gasteiger partial charge in [-0.25, -0.2) is 0 Å². The number of hydrogen-bond donors (Lipinski definition) is 2. The fourth-order valence-electron chi connectivity index (χ4n) is 3.27. The van der Waals surface area contributed by atoms with Crippen LogP contribution < -0.4 is 15.8 Å². The summed E-state index contributed by atoms with van der Waals surface area (Å²) in [6.07, 6.45) is 1.46. The first kappa shape index (κ1) is 15.8. The Hall–Kier alpha value is -2.08.